The molecule has 1 aliphatic heterocycles. The van der Waals surface area contributed by atoms with Gasteiger partial charge in [-0.25, -0.2) is 4.58 Å². The molecule has 0 amide bonds. The lowest BCUT2D eigenvalue weighted by Crippen LogP contribution is -2.49. The second kappa shape index (κ2) is 19.0. The Kier molecular flexibility index (Phi) is 15.8. The van der Waals surface area contributed by atoms with Crippen LogP contribution in [0.15, 0.2) is 71.1 Å². The van der Waals surface area contributed by atoms with Gasteiger partial charge in [-0.15, -0.1) is 0 Å². The molecular formula is C38H58N4O3+2. The summed E-state index contributed by atoms with van der Waals surface area (Å²) >= 11 is 0. The minimum atomic E-state index is -0.179. The van der Waals surface area contributed by atoms with E-state index in [-0.39, 0.29) is 5.97 Å². The van der Waals surface area contributed by atoms with Gasteiger partial charge in [0.05, 0.1) is 25.7 Å². The Morgan fingerprint density at radius 2 is 1.47 bits per heavy atom. The van der Waals surface area contributed by atoms with Crippen molar-refractivity contribution in [3.05, 3.63) is 72.1 Å². The number of quaternary nitrogens is 1. The van der Waals surface area contributed by atoms with Gasteiger partial charge in [0.1, 0.15) is 37.6 Å². The molecule has 1 heterocycles. The number of carbonyl (C=O) groups excluding carboxylic acids is 1. The number of likely N-dealkylation sites (N-methyl/N-ethyl adjacent to an activating group) is 1. The maximum Gasteiger partial charge on any atom is 0.302 e. The number of hydrogen-bond donors (Lipinski definition) is 1. The molecule has 7 nitrogen and oxygen atoms in total. The first kappa shape index (κ1) is 37.5. The lowest BCUT2D eigenvalue weighted by molar-refractivity contribution is -0.923. The monoisotopic (exact) mass is 618 g/mol. The summed E-state index contributed by atoms with van der Waals surface area (Å²) in [6.45, 7) is 25.5. The summed E-state index contributed by atoms with van der Waals surface area (Å²) in [5.74, 6) is 0.754. The maximum atomic E-state index is 10.6. The second-order valence-corrected chi connectivity index (χ2v) is 10.9. The third-order valence-electron chi connectivity index (χ3n) is 8.89. The Morgan fingerprint density at radius 1 is 0.844 bits per heavy atom. The van der Waals surface area contributed by atoms with Crippen LogP contribution in [-0.2, 0) is 9.53 Å². The number of nitrogens with zero attached hydrogens (tertiary/aromatic N) is 3. The molecule has 0 fully saturated rings. The number of nitrogens with two attached hydrogens (primary N) is 1. The predicted octanol–water partition coefficient (Wildman–Crippen LogP) is 6.86. The van der Waals surface area contributed by atoms with Gasteiger partial charge in [0.15, 0.2) is 0 Å². The van der Waals surface area contributed by atoms with E-state index in [0.717, 1.165) is 79.1 Å². The average molecular weight is 619 g/mol. The molecule has 4 rings (SSSR count). The van der Waals surface area contributed by atoms with E-state index in [9.17, 15) is 4.79 Å². The fraction of sp³-hybridized carbons (Fsp3) is 0.474. The first-order valence-corrected chi connectivity index (χ1v) is 16.7. The van der Waals surface area contributed by atoms with Crippen LogP contribution in [-0.4, -0.2) is 76.5 Å². The smallest absolute Gasteiger partial charge is 0.302 e. The van der Waals surface area contributed by atoms with E-state index >= 15 is 0 Å². The van der Waals surface area contributed by atoms with E-state index in [4.69, 9.17) is 9.15 Å². The van der Waals surface area contributed by atoms with E-state index in [2.05, 4.69) is 130 Å². The van der Waals surface area contributed by atoms with Gasteiger partial charge in [0.25, 0.3) is 0 Å². The number of hydrogen-bond acceptors (Lipinski definition) is 5. The summed E-state index contributed by atoms with van der Waals surface area (Å²) in [6.07, 6.45) is 0. The fourth-order valence-corrected chi connectivity index (χ4v) is 5.88. The molecule has 1 aliphatic carbocycles. The largest absolute Gasteiger partial charge is 0.460 e. The Balaban J connectivity index is 0.000000398. The topological polar surface area (TPSA) is 71.7 Å². The Hall–Kier alpha value is -3.68. The molecule has 2 N–H and O–H groups in total. The van der Waals surface area contributed by atoms with Gasteiger partial charge < -0.3 is 24.3 Å². The van der Waals surface area contributed by atoms with Gasteiger partial charge in [-0.05, 0) is 79.3 Å². The molecule has 0 atom stereocenters. The van der Waals surface area contributed by atoms with Crippen LogP contribution in [0.4, 0.5) is 5.69 Å². The minimum absolute atomic E-state index is 0.179. The van der Waals surface area contributed by atoms with Crippen molar-refractivity contribution in [2.45, 2.75) is 55.4 Å². The first-order chi connectivity index (χ1) is 21.8. The standard InChI is InChI=1S/C27H31N2O.C10H22NO2.CH5N/c1-5-28(6-2)21-14-16-23-25(18-21)30-26-19-22(29(7-3)8-4)15-17-24(26)27(23)20-12-10-9-11-13-20;1-5-11(6-2,7-3)8-9-13-10(4)12;1-2/h9-19H,5-8H2,1-4H3;5-9H2,1-4H3;2H2,1H3/q2*+1;. The quantitative estimate of drug-likeness (QED) is 0.0813. The number of ether oxygens (including phenoxy) is 1. The zero-order valence-electron chi connectivity index (χ0n) is 29.4. The van der Waals surface area contributed by atoms with Crippen molar-refractivity contribution in [2.75, 3.05) is 70.9 Å². The third kappa shape index (κ3) is 9.65. The van der Waals surface area contributed by atoms with Crippen LogP contribution in [0.3, 0.4) is 0 Å². The van der Waals surface area contributed by atoms with Crippen LogP contribution in [0.5, 0.6) is 0 Å². The second-order valence-electron chi connectivity index (χ2n) is 10.9. The third-order valence-corrected chi connectivity index (χ3v) is 8.89. The minimum Gasteiger partial charge on any atom is -0.460 e. The number of rotatable bonds is 12. The molecule has 2 aliphatic rings. The van der Waals surface area contributed by atoms with Crippen LogP contribution in [0.1, 0.15) is 55.4 Å². The van der Waals surface area contributed by atoms with Gasteiger partial charge in [0.2, 0.25) is 5.36 Å². The number of benzene rings is 3. The molecule has 7 heteroatoms. The van der Waals surface area contributed by atoms with E-state index in [1.54, 1.807) is 0 Å². The van der Waals surface area contributed by atoms with Crippen molar-refractivity contribution in [1.29, 1.82) is 0 Å². The van der Waals surface area contributed by atoms with Crippen molar-refractivity contribution in [3.63, 3.8) is 0 Å². The van der Waals surface area contributed by atoms with Gasteiger partial charge in [-0.1, -0.05) is 30.3 Å². The Labute approximate surface area is 271 Å². The molecule has 0 unspecified atom stereocenters. The molecule has 2 aromatic rings. The molecule has 0 bridgehead atoms. The SMILES string of the molecule is CCN(CC)c1ccc2c(-c3ccccc3)c3ccc(=[N+](CC)CC)cc-3oc2c1.CC[N+](CC)(CC)CCOC(C)=O.CN. The van der Waals surface area contributed by atoms with Crippen molar-refractivity contribution in [1.82, 2.24) is 4.58 Å². The van der Waals surface area contributed by atoms with Gasteiger partial charge in [-0.3, -0.25) is 4.79 Å². The molecule has 246 valence electrons. The molecule has 45 heavy (non-hydrogen) atoms. The number of anilines is 1. The summed E-state index contributed by atoms with van der Waals surface area (Å²) < 4.78 is 14.9. The van der Waals surface area contributed by atoms with Crippen LogP contribution in [0, 0.1) is 0 Å². The average Bonchev–Trinajstić information content (AvgIpc) is 3.08. The fourth-order valence-electron chi connectivity index (χ4n) is 5.88. The maximum absolute atomic E-state index is 10.6. The zero-order valence-corrected chi connectivity index (χ0v) is 29.4. The lowest BCUT2D eigenvalue weighted by Gasteiger charge is -2.35. The summed E-state index contributed by atoms with van der Waals surface area (Å²) in [7, 11) is 1.50. The number of esters is 1. The summed E-state index contributed by atoms with van der Waals surface area (Å²) in [5, 5.41) is 2.36. The van der Waals surface area contributed by atoms with Crippen LogP contribution in [0.25, 0.3) is 33.4 Å². The summed E-state index contributed by atoms with van der Waals surface area (Å²) in [5.41, 5.74) is 10.2. The van der Waals surface area contributed by atoms with E-state index in [1.165, 1.54) is 36.1 Å². The summed E-state index contributed by atoms with van der Waals surface area (Å²) in [4.78, 5) is 12.9. The molecular weight excluding hydrogens is 560 g/mol. The molecule has 2 aromatic carbocycles. The Bertz CT molecular complexity index is 1470. The van der Waals surface area contributed by atoms with Crippen LogP contribution < -0.4 is 20.6 Å². The van der Waals surface area contributed by atoms with E-state index < -0.39 is 0 Å². The van der Waals surface area contributed by atoms with Crippen molar-refractivity contribution >= 4 is 22.6 Å². The van der Waals surface area contributed by atoms with E-state index in [0.29, 0.717) is 6.61 Å². The molecule has 0 saturated carbocycles. The molecule has 0 spiro atoms. The highest BCUT2D eigenvalue weighted by molar-refractivity contribution is 6.02. The number of carbonyl (C=O) groups is 1. The number of fused-ring (bicyclic) bond motifs is 2. The van der Waals surface area contributed by atoms with Crippen molar-refractivity contribution in [2.24, 2.45) is 5.73 Å². The highest BCUT2D eigenvalue weighted by Crippen LogP contribution is 2.40. The van der Waals surface area contributed by atoms with Gasteiger partial charge in [-0.2, -0.15) is 0 Å². The van der Waals surface area contributed by atoms with Gasteiger partial charge >= 0.3 is 5.97 Å². The first-order valence-electron chi connectivity index (χ1n) is 16.7. The van der Waals surface area contributed by atoms with Crippen molar-refractivity contribution < 1.29 is 18.4 Å². The van der Waals surface area contributed by atoms with Crippen LogP contribution in [0.2, 0.25) is 0 Å². The highest BCUT2D eigenvalue weighted by atomic mass is 16.5. The Morgan fingerprint density at radius 3 is 2.00 bits per heavy atom. The molecule has 0 saturated heterocycles. The normalized spacial score (nSPS) is 10.9. The zero-order chi connectivity index (χ0) is 33.4. The summed E-state index contributed by atoms with van der Waals surface area (Å²) in [6, 6.07) is 23.9. The predicted molar refractivity (Wildman–Crippen MR) is 192 cm³/mol. The molecule has 0 aromatic heterocycles. The van der Waals surface area contributed by atoms with E-state index in [1.807, 2.05) is 0 Å². The highest BCUT2D eigenvalue weighted by Gasteiger charge is 2.21. The van der Waals surface area contributed by atoms with Crippen molar-refractivity contribution in [3.8, 4) is 22.5 Å². The molecule has 0 radical (unpaired) electrons. The van der Waals surface area contributed by atoms with Gasteiger partial charge in [0, 0.05) is 54.3 Å². The lowest BCUT2D eigenvalue weighted by atomic mass is 9.93. The van der Waals surface area contributed by atoms with Crippen LogP contribution >= 0.6 is 0 Å².